The molecule has 0 fully saturated rings. The maximum Gasteiger partial charge on any atom is 0.137 e. The third-order valence-electron chi connectivity index (χ3n) is 2.89. The van der Waals surface area contributed by atoms with Crippen molar-refractivity contribution in [1.29, 1.82) is 0 Å². The van der Waals surface area contributed by atoms with E-state index in [1.54, 1.807) is 12.4 Å². The average Bonchev–Trinajstić information content (AvgIpc) is 2.90. The van der Waals surface area contributed by atoms with Crippen LogP contribution in [-0.4, -0.2) is 15.0 Å². The SMILES string of the molecule is Cc1ccc(-c2cnc(-c3ccncc3)[nH]2)cc1. The van der Waals surface area contributed by atoms with Crippen molar-refractivity contribution in [3.63, 3.8) is 0 Å². The summed E-state index contributed by atoms with van der Waals surface area (Å²) in [6.07, 6.45) is 5.40. The molecule has 88 valence electrons. The van der Waals surface area contributed by atoms with Gasteiger partial charge in [-0.25, -0.2) is 4.98 Å². The number of imidazole rings is 1. The highest BCUT2D eigenvalue weighted by molar-refractivity contribution is 5.64. The summed E-state index contributed by atoms with van der Waals surface area (Å²) in [7, 11) is 0. The summed E-state index contributed by atoms with van der Waals surface area (Å²) in [5.41, 5.74) is 4.48. The van der Waals surface area contributed by atoms with Crippen molar-refractivity contribution in [1.82, 2.24) is 15.0 Å². The van der Waals surface area contributed by atoms with E-state index in [-0.39, 0.29) is 0 Å². The van der Waals surface area contributed by atoms with Crippen molar-refractivity contribution in [3.8, 4) is 22.6 Å². The molecular weight excluding hydrogens is 222 g/mol. The topological polar surface area (TPSA) is 41.6 Å². The largest absolute Gasteiger partial charge is 0.338 e. The van der Waals surface area contributed by atoms with E-state index in [4.69, 9.17) is 0 Å². The van der Waals surface area contributed by atoms with Gasteiger partial charge in [0.25, 0.3) is 0 Å². The minimum Gasteiger partial charge on any atom is -0.338 e. The Hall–Kier alpha value is -2.42. The Bertz CT molecular complexity index is 639. The second kappa shape index (κ2) is 4.45. The lowest BCUT2D eigenvalue weighted by molar-refractivity contribution is 1.27. The van der Waals surface area contributed by atoms with Crippen LogP contribution >= 0.6 is 0 Å². The Balaban J connectivity index is 1.97. The standard InChI is InChI=1S/C15H13N3/c1-11-2-4-12(5-3-11)14-10-17-15(18-14)13-6-8-16-9-7-13/h2-10H,1H3,(H,17,18). The number of hydrogen-bond acceptors (Lipinski definition) is 2. The van der Waals surface area contributed by atoms with Crippen LogP contribution in [0.15, 0.2) is 55.0 Å². The lowest BCUT2D eigenvalue weighted by Gasteiger charge is -1.98. The van der Waals surface area contributed by atoms with Crippen LogP contribution in [0.2, 0.25) is 0 Å². The monoisotopic (exact) mass is 235 g/mol. The predicted molar refractivity (Wildman–Crippen MR) is 72.0 cm³/mol. The molecule has 0 radical (unpaired) electrons. The summed E-state index contributed by atoms with van der Waals surface area (Å²) in [4.78, 5) is 11.7. The van der Waals surface area contributed by atoms with E-state index >= 15 is 0 Å². The molecule has 1 N–H and O–H groups in total. The van der Waals surface area contributed by atoms with E-state index in [0.717, 1.165) is 22.6 Å². The third-order valence-corrected chi connectivity index (χ3v) is 2.89. The van der Waals surface area contributed by atoms with E-state index in [0.29, 0.717) is 0 Å². The minimum atomic E-state index is 0.868. The van der Waals surface area contributed by atoms with E-state index < -0.39 is 0 Å². The quantitative estimate of drug-likeness (QED) is 0.739. The van der Waals surface area contributed by atoms with Gasteiger partial charge in [0.1, 0.15) is 5.82 Å². The maximum atomic E-state index is 4.40. The first-order valence-corrected chi connectivity index (χ1v) is 5.85. The molecule has 0 unspecified atom stereocenters. The first-order chi connectivity index (χ1) is 8.83. The summed E-state index contributed by atoms with van der Waals surface area (Å²) in [5.74, 6) is 0.868. The second-order valence-corrected chi connectivity index (χ2v) is 4.25. The number of nitrogens with zero attached hydrogens (tertiary/aromatic N) is 2. The molecule has 2 heterocycles. The molecule has 0 atom stereocenters. The molecule has 3 heteroatoms. The Morgan fingerprint density at radius 3 is 2.33 bits per heavy atom. The molecule has 0 aliphatic carbocycles. The highest BCUT2D eigenvalue weighted by atomic mass is 14.9. The molecule has 3 nitrogen and oxygen atoms in total. The second-order valence-electron chi connectivity index (χ2n) is 4.25. The highest BCUT2D eigenvalue weighted by Gasteiger charge is 2.04. The van der Waals surface area contributed by atoms with Gasteiger partial charge in [-0.05, 0) is 24.6 Å². The van der Waals surface area contributed by atoms with Gasteiger partial charge in [0.05, 0.1) is 11.9 Å². The summed E-state index contributed by atoms with van der Waals surface area (Å²) in [6.45, 7) is 2.08. The van der Waals surface area contributed by atoms with Gasteiger partial charge >= 0.3 is 0 Å². The van der Waals surface area contributed by atoms with Crippen LogP contribution in [0.3, 0.4) is 0 Å². The molecule has 3 aromatic rings. The fraction of sp³-hybridized carbons (Fsp3) is 0.0667. The van der Waals surface area contributed by atoms with Gasteiger partial charge in [-0.3, -0.25) is 4.98 Å². The molecule has 0 saturated heterocycles. The van der Waals surface area contributed by atoms with E-state index in [9.17, 15) is 0 Å². The Kier molecular flexibility index (Phi) is 2.65. The Morgan fingerprint density at radius 2 is 1.61 bits per heavy atom. The zero-order chi connectivity index (χ0) is 12.4. The number of rotatable bonds is 2. The van der Waals surface area contributed by atoms with E-state index in [2.05, 4.69) is 46.1 Å². The average molecular weight is 235 g/mol. The normalized spacial score (nSPS) is 10.5. The molecule has 0 spiro atoms. The molecule has 2 aromatic heterocycles. The van der Waals surface area contributed by atoms with Gasteiger partial charge in [-0.2, -0.15) is 0 Å². The molecule has 3 rings (SSSR count). The molecule has 18 heavy (non-hydrogen) atoms. The third kappa shape index (κ3) is 2.02. The molecular formula is C15H13N3. The van der Waals surface area contributed by atoms with Gasteiger partial charge in [0, 0.05) is 18.0 Å². The van der Waals surface area contributed by atoms with Crippen molar-refractivity contribution in [3.05, 3.63) is 60.6 Å². The zero-order valence-corrected chi connectivity index (χ0v) is 10.1. The Labute approximate surface area is 106 Å². The Morgan fingerprint density at radius 1 is 0.889 bits per heavy atom. The fourth-order valence-electron chi connectivity index (χ4n) is 1.86. The number of aryl methyl sites for hydroxylation is 1. The van der Waals surface area contributed by atoms with Crippen LogP contribution in [-0.2, 0) is 0 Å². The lowest BCUT2D eigenvalue weighted by atomic mass is 10.1. The predicted octanol–water partition coefficient (Wildman–Crippen LogP) is 3.45. The van der Waals surface area contributed by atoms with Crippen LogP contribution < -0.4 is 0 Å². The van der Waals surface area contributed by atoms with Crippen LogP contribution in [0, 0.1) is 6.92 Å². The van der Waals surface area contributed by atoms with Crippen molar-refractivity contribution < 1.29 is 0 Å². The van der Waals surface area contributed by atoms with E-state index in [1.807, 2.05) is 18.3 Å². The van der Waals surface area contributed by atoms with E-state index in [1.165, 1.54) is 5.56 Å². The molecule has 0 bridgehead atoms. The van der Waals surface area contributed by atoms with Crippen molar-refractivity contribution in [2.24, 2.45) is 0 Å². The molecule has 1 aromatic carbocycles. The van der Waals surface area contributed by atoms with Crippen molar-refractivity contribution in [2.75, 3.05) is 0 Å². The number of aromatic nitrogens is 3. The number of nitrogens with one attached hydrogen (secondary N) is 1. The minimum absolute atomic E-state index is 0.868. The van der Waals surface area contributed by atoms with Crippen LogP contribution in [0.25, 0.3) is 22.6 Å². The zero-order valence-electron chi connectivity index (χ0n) is 10.1. The van der Waals surface area contributed by atoms with Crippen LogP contribution in [0.4, 0.5) is 0 Å². The molecule has 0 saturated carbocycles. The van der Waals surface area contributed by atoms with Gasteiger partial charge < -0.3 is 4.98 Å². The molecule has 0 amide bonds. The molecule has 0 aliphatic rings. The first kappa shape index (κ1) is 10.7. The summed E-state index contributed by atoms with van der Waals surface area (Å²) < 4.78 is 0. The van der Waals surface area contributed by atoms with Gasteiger partial charge in [-0.1, -0.05) is 29.8 Å². The number of hydrogen-bond donors (Lipinski definition) is 1. The van der Waals surface area contributed by atoms with Crippen LogP contribution in [0.5, 0.6) is 0 Å². The fourth-order valence-corrected chi connectivity index (χ4v) is 1.86. The molecule has 0 aliphatic heterocycles. The van der Waals surface area contributed by atoms with Gasteiger partial charge in [-0.15, -0.1) is 0 Å². The summed E-state index contributed by atoms with van der Waals surface area (Å²) in [6, 6.07) is 12.3. The maximum absolute atomic E-state index is 4.40. The number of aromatic amines is 1. The number of pyridine rings is 1. The van der Waals surface area contributed by atoms with Gasteiger partial charge in [0.15, 0.2) is 0 Å². The van der Waals surface area contributed by atoms with Crippen molar-refractivity contribution >= 4 is 0 Å². The highest BCUT2D eigenvalue weighted by Crippen LogP contribution is 2.21. The van der Waals surface area contributed by atoms with Gasteiger partial charge in [0.2, 0.25) is 0 Å². The summed E-state index contributed by atoms with van der Waals surface area (Å²) >= 11 is 0. The number of benzene rings is 1. The number of H-pyrrole nitrogens is 1. The smallest absolute Gasteiger partial charge is 0.137 e. The lowest BCUT2D eigenvalue weighted by Crippen LogP contribution is -1.81. The first-order valence-electron chi connectivity index (χ1n) is 5.85. The van der Waals surface area contributed by atoms with Crippen LogP contribution in [0.1, 0.15) is 5.56 Å². The summed E-state index contributed by atoms with van der Waals surface area (Å²) in [5, 5.41) is 0. The van der Waals surface area contributed by atoms with Crippen molar-refractivity contribution in [2.45, 2.75) is 6.92 Å².